The van der Waals surface area contributed by atoms with Gasteiger partial charge in [0.2, 0.25) is 11.0 Å². The first-order valence-corrected chi connectivity index (χ1v) is 6.45. The van der Waals surface area contributed by atoms with Gasteiger partial charge in [-0.1, -0.05) is 24.3 Å². The topological polar surface area (TPSA) is 119 Å². The zero-order valence-corrected chi connectivity index (χ0v) is 10.3. The molecule has 0 spiro atoms. The van der Waals surface area contributed by atoms with E-state index in [4.69, 9.17) is 18.6 Å². The van der Waals surface area contributed by atoms with Gasteiger partial charge in [-0.15, -0.1) is 10.2 Å². The summed E-state index contributed by atoms with van der Waals surface area (Å²) in [6, 6.07) is 16.1. The molecule has 1 heterocycles. The van der Waals surface area contributed by atoms with Crippen molar-refractivity contribution in [2.75, 3.05) is 0 Å². The fourth-order valence-corrected chi connectivity index (χ4v) is 1.63. The monoisotopic (exact) mass is 280 g/mol. The van der Waals surface area contributed by atoms with Crippen LogP contribution in [0.5, 0.6) is 0 Å². The summed E-state index contributed by atoms with van der Waals surface area (Å²) in [4.78, 5) is 7.89. The predicted octanol–water partition coefficient (Wildman–Crippen LogP) is -2.55. The van der Waals surface area contributed by atoms with E-state index in [-0.39, 0.29) is 0 Å². The van der Waals surface area contributed by atoms with Gasteiger partial charge in [0, 0.05) is 12.1 Å². The van der Waals surface area contributed by atoms with Gasteiger partial charge in [-0.2, -0.15) is 0 Å². The van der Waals surface area contributed by atoms with Crippen molar-refractivity contribution >= 4 is 22.1 Å². The van der Waals surface area contributed by atoms with Gasteiger partial charge < -0.3 is 0 Å². The maximum absolute atomic E-state index is 8.49. The standard InChI is InChI=1S/C12H8N2.ClHO4/c1-2-6-10-9(5-1)13-11-7-3-4-8-12(11)14-10;2-1(3,4)5/h1-8H;(H,2,3,4,5). The van der Waals surface area contributed by atoms with Crippen molar-refractivity contribution in [2.24, 2.45) is 0 Å². The largest absolute Gasteiger partial charge is 0.235 e. The van der Waals surface area contributed by atoms with Crippen molar-refractivity contribution in [3.63, 3.8) is 0 Å². The molecule has 3 rings (SSSR count). The number of aromatic amines is 1. The van der Waals surface area contributed by atoms with Crippen molar-refractivity contribution in [2.45, 2.75) is 0 Å². The van der Waals surface area contributed by atoms with Crippen molar-refractivity contribution < 1.29 is 33.9 Å². The lowest BCUT2D eigenvalue weighted by Gasteiger charge is -2.17. The van der Waals surface area contributed by atoms with Gasteiger partial charge in [0.05, 0.1) is 0 Å². The normalized spacial score (nSPS) is 11.2. The molecule has 7 heteroatoms. The van der Waals surface area contributed by atoms with Crippen LogP contribution in [0.15, 0.2) is 48.5 Å². The molecule has 3 aromatic rings. The molecule has 0 amide bonds. The van der Waals surface area contributed by atoms with E-state index in [1.54, 1.807) is 0 Å². The van der Waals surface area contributed by atoms with E-state index < -0.39 is 10.2 Å². The molecule has 0 radical (unpaired) electrons. The van der Waals surface area contributed by atoms with E-state index in [2.05, 4.69) is 9.97 Å². The Morgan fingerprint density at radius 3 is 1.53 bits per heavy atom. The van der Waals surface area contributed by atoms with Crippen LogP contribution in [0, 0.1) is 10.2 Å². The summed E-state index contributed by atoms with van der Waals surface area (Å²) >= 11 is 0. The van der Waals surface area contributed by atoms with E-state index in [9.17, 15) is 0 Å². The molecule has 0 aliphatic heterocycles. The molecular formula is C12H9ClN2O4. The molecule has 0 aliphatic rings. The predicted molar refractivity (Wildman–Crippen MR) is 55.8 cm³/mol. The molecule has 0 bridgehead atoms. The third-order valence-electron chi connectivity index (χ3n) is 2.32. The van der Waals surface area contributed by atoms with Crippen LogP contribution in [0.2, 0.25) is 0 Å². The molecule has 0 atom stereocenters. The Labute approximate surface area is 110 Å². The van der Waals surface area contributed by atoms with Gasteiger partial charge in [-0.05, 0) is 12.1 Å². The third-order valence-corrected chi connectivity index (χ3v) is 2.32. The lowest BCUT2D eigenvalue weighted by molar-refractivity contribution is -2.00. The molecule has 2 aromatic carbocycles. The lowest BCUT2D eigenvalue weighted by atomic mass is 10.2. The Bertz CT molecular complexity index is 589. The number of hydrogen-bond donors (Lipinski definition) is 0. The quantitative estimate of drug-likeness (QED) is 0.420. The number of fused-ring (bicyclic) bond motifs is 2. The number of halogens is 1. The number of nitrogens with zero attached hydrogens (tertiary/aromatic N) is 1. The number of hydrogen-bond acceptors (Lipinski definition) is 5. The van der Waals surface area contributed by atoms with Crippen molar-refractivity contribution in [3.05, 3.63) is 48.5 Å². The minimum absolute atomic E-state index is 1.01. The van der Waals surface area contributed by atoms with Crippen LogP contribution in [0.3, 0.4) is 0 Å². The second-order valence-corrected chi connectivity index (χ2v) is 4.40. The molecule has 0 aliphatic carbocycles. The van der Waals surface area contributed by atoms with E-state index in [1.165, 1.54) is 0 Å². The number of aromatic nitrogens is 2. The first-order valence-electron chi connectivity index (χ1n) is 5.22. The molecule has 1 N–H and O–H groups in total. The van der Waals surface area contributed by atoms with E-state index in [0.29, 0.717) is 0 Å². The van der Waals surface area contributed by atoms with Gasteiger partial charge in [0.15, 0.2) is 0 Å². The maximum Gasteiger partial charge on any atom is 0.229 e. The minimum atomic E-state index is -4.94. The second kappa shape index (κ2) is 5.43. The van der Waals surface area contributed by atoms with Crippen LogP contribution in [0.25, 0.3) is 22.1 Å². The highest BCUT2D eigenvalue weighted by Crippen LogP contribution is 2.10. The van der Waals surface area contributed by atoms with Crippen LogP contribution in [0.4, 0.5) is 0 Å². The van der Waals surface area contributed by atoms with Crippen molar-refractivity contribution in [1.29, 1.82) is 0 Å². The number of benzene rings is 2. The Morgan fingerprint density at radius 2 is 1.11 bits per heavy atom. The summed E-state index contributed by atoms with van der Waals surface area (Å²) in [5.41, 5.74) is 4.16. The number of nitrogens with one attached hydrogen (secondary N) is 1. The average molecular weight is 281 g/mol. The molecule has 98 valence electrons. The fraction of sp³-hybridized carbons (Fsp3) is 0. The van der Waals surface area contributed by atoms with Gasteiger partial charge in [-0.25, -0.2) is 28.6 Å². The molecule has 6 nitrogen and oxygen atoms in total. The lowest BCUT2D eigenvalue weighted by Crippen LogP contribution is -2.68. The third kappa shape index (κ3) is 4.09. The number of para-hydroxylation sites is 4. The average Bonchev–Trinajstić information content (AvgIpc) is 2.34. The summed E-state index contributed by atoms with van der Waals surface area (Å²) in [6.07, 6.45) is 0. The van der Waals surface area contributed by atoms with Gasteiger partial charge in [0.1, 0.15) is 11.0 Å². The first kappa shape index (κ1) is 13.6. The zero-order valence-electron chi connectivity index (χ0n) is 9.58. The Morgan fingerprint density at radius 1 is 0.737 bits per heavy atom. The van der Waals surface area contributed by atoms with Crippen LogP contribution in [-0.2, 0) is 0 Å². The van der Waals surface area contributed by atoms with Gasteiger partial charge in [-0.3, -0.25) is 0 Å². The van der Waals surface area contributed by atoms with Gasteiger partial charge in [0.25, 0.3) is 0 Å². The van der Waals surface area contributed by atoms with E-state index in [1.807, 2.05) is 48.5 Å². The van der Waals surface area contributed by atoms with E-state index in [0.717, 1.165) is 22.1 Å². The molecule has 0 unspecified atom stereocenters. The molecule has 0 fully saturated rings. The van der Waals surface area contributed by atoms with Crippen LogP contribution in [0.1, 0.15) is 0 Å². The SMILES string of the molecule is [O-][Cl+3]([O-])([O-])[O-].c1ccc2[nH+]c3ccccc3nc2c1. The van der Waals surface area contributed by atoms with Crippen molar-refractivity contribution in [3.8, 4) is 0 Å². The Kier molecular flexibility index (Phi) is 3.89. The minimum Gasteiger partial charge on any atom is -0.235 e. The summed E-state index contributed by atoms with van der Waals surface area (Å²) in [5, 5.41) is 0. The smallest absolute Gasteiger partial charge is 0.229 e. The van der Waals surface area contributed by atoms with Crippen molar-refractivity contribution in [1.82, 2.24) is 4.98 Å². The highest BCUT2D eigenvalue weighted by atomic mass is 35.7. The van der Waals surface area contributed by atoms with E-state index >= 15 is 0 Å². The number of H-pyrrole nitrogens is 1. The van der Waals surface area contributed by atoms with Crippen LogP contribution < -0.4 is 23.6 Å². The maximum atomic E-state index is 8.49. The molecule has 19 heavy (non-hydrogen) atoms. The highest BCUT2D eigenvalue weighted by Gasteiger charge is 2.04. The Balaban J connectivity index is 0.000000232. The molecular weight excluding hydrogens is 272 g/mol. The summed E-state index contributed by atoms with van der Waals surface area (Å²) in [5.74, 6) is 0. The zero-order chi connectivity index (χ0) is 13.9. The summed E-state index contributed by atoms with van der Waals surface area (Å²) in [7, 11) is -4.94. The summed E-state index contributed by atoms with van der Waals surface area (Å²) < 4.78 is 34.0. The highest BCUT2D eigenvalue weighted by molar-refractivity contribution is 5.80. The molecule has 0 saturated carbocycles. The second-order valence-electron chi connectivity index (χ2n) is 3.65. The van der Waals surface area contributed by atoms with Gasteiger partial charge >= 0.3 is 0 Å². The molecule has 1 aromatic heterocycles. The summed E-state index contributed by atoms with van der Waals surface area (Å²) in [6.45, 7) is 0. The van der Waals surface area contributed by atoms with Crippen LogP contribution >= 0.6 is 0 Å². The first-order chi connectivity index (χ1) is 8.93. The van der Waals surface area contributed by atoms with Crippen LogP contribution in [-0.4, -0.2) is 4.98 Å². The fourth-order valence-electron chi connectivity index (χ4n) is 1.63. The number of rotatable bonds is 0. The molecule has 0 saturated heterocycles. The Hall–Kier alpha value is -1.83.